The maximum atomic E-state index is 10.9. The lowest BCUT2D eigenvalue weighted by Gasteiger charge is -2.09. The molecule has 0 radical (unpaired) electrons. The fourth-order valence-corrected chi connectivity index (χ4v) is 1.66. The van der Waals surface area contributed by atoms with Crippen molar-refractivity contribution in [3.05, 3.63) is 30.1 Å². The van der Waals surface area contributed by atoms with Gasteiger partial charge in [-0.25, -0.2) is 4.79 Å². The summed E-state index contributed by atoms with van der Waals surface area (Å²) in [6, 6.07) is 5.18. The molecular weight excluding hydrogens is 254 g/mol. The second-order valence-electron chi connectivity index (χ2n) is 4.42. The first kappa shape index (κ1) is 15.9. The average molecular weight is 277 g/mol. The van der Waals surface area contributed by atoms with Gasteiger partial charge in [-0.05, 0) is 18.6 Å². The number of aromatic nitrogens is 1. The molecule has 6 heteroatoms. The summed E-state index contributed by atoms with van der Waals surface area (Å²) in [5.41, 5.74) is 6.11. The van der Waals surface area contributed by atoms with Crippen LogP contribution in [0.2, 0.25) is 0 Å². The normalized spacial score (nSPS) is 11.2. The third-order valence-electron chi connectivity index (χ3n) is 2.67. The maximum Gasteiger partial charge on any atom is 0.318 e. The van der Waals surface area contributed by atoms with Crippen molar-refractivity contribution in [2.45, 2.75) is 32.6 Å². The zero-order valence-corrected chi connectivity index (χ0v) is 11.9. The molecule has 1 aromatic heterocycles. The lowest BCUT2D eigenvalue weighted by atomic mass is 10.2. The third kappa shape index (κ3) is 7.35. The van der Waals surface area contributed by atoms with Gasteiger partial charge in [0.1, 0.15) is 0 Å². The van der Waals surface area contributed by atoms with Crippen LogP contribution in [0.1, 0.15) is 31.9 Å². The lowest BCUT2D eigenvalue weighted by Crippen LogP contribution is -2.44. The Labute approximate surface area is 119 Å². The molecule has 0 spiro atoms. The second kappa shape index (κ2) is 9.77. The molecule has 4 N–H and O–H groups in total. The molecule has 0 aromatic carbocycles. The van der Waals surface area contributed by atoms with Crippen LogP contribution in [0.3, 0.4) is 0 Å². The molecule has 20 heavy (non-hydrogen) atoms. The van der Waals surface area contributed by atoms with Crippen molar-refractivity contribution in [2.75, 3.05) is 13.1 Å². The molecule has 0 aliphatic heterocycles. The van der Waals surface area contributed by atoms with Crippen LogP contribution in [0, 0.1) is 0 Å². The maximum absolute atomic E-state index is 10.9. The molecule has 6 nitrogen and oxygen atoms in total. The first-order valence-corrected chi connectivity index (χ1v) is 6.97. The standard InChI is InChI=1S/C14H23N5O/c1-2-3-5-10-17-14(19-13(15)20)18-11-8-12-7-4-6-9-16-12/h4,6-7,9H,2-3,5,8,10-11H2,1H3,(H4,15,17,18,19,20). The number of aliphatic imine (C=N–C) groups is 1. The number of pyridine rings is 1. The number of nitrogens with zero attached hydrogens (tertiary/aromatic N) is 2. The molecule has 0 bridgehead atoms. The number of primary amides is 1. The van der Waals surface area contributed by atoms with Crippen LogP contribution in [0.15, 0.2) is 29.4 Å². The van der Waals surface area contributed by atoms with E-state index in [1.165, 1.54) is 0 Å². The third-order valence-corrected chi connectivity index (χ3v) is 2.67. The predicted molar refractivity (Wildman–Crippen MR) is 80.5 cm³/mol. The number of rotatable bonds is 7. The van der Waals surface area contributed by atoms with Gasteiger partial charge in [0.2, 0.25) is 0 Å². The highest BCUT2D eigenvalue weighted by atomic mass is 16.2. The van der Waals surface area contributed by atoms with Crippen molar-refractivity contribution in [1.82, 2.24) is 15.6 Å². The quantitative estimate of drug-likeness (QED) is 0.400. The van der Waals surface area contributed by atoms with E-state index < -0.39 is 6.03 Å². The zero-order valence-electron chi connectivity index (χ0n) is 11.9. The van der Waals surface area contributed by atoms with Gasteiger partial charge in [-0.2, -0.15) is 0 Å². The van der Waals surface area contributed by atoms with E-state index in [9.17, 15) is 4.79 Å². The summed E-state index contributed by atoms with van der Waals surface area (Å²) < 4.78 is 0. The summed E-state index contributed by atoms with van der Waals surface area (Å²) in [4.78, 5) is 19.4. The summed E-state index contributed by atoms with van der Waals surface area (Å²) in [6.07, 6.45) is 5.79. The number of hydrogen-bond donors (Lipinski definition) is 3. The zero-order chi connectivity index (χ0) is 14.6. The van der Waals surface area contributed by atoms with Crippen molar-refractivity contribution in [1.29, 1.82) is 0 Å². The van der Waals surface area contributed by atoms with E-state index in [1.807, 2.05) is 18.2 Å². The van der Waals surface area contributed by atoms with Crippen LogP contribution in [-0.2, 0) is 6.42 Å². The first-order valence-electron chi connectivity index (χ1n) is 6.97. The smallest absolute Gasteiger partial charge is 0.318 e. The van der Waals surface area contributed by atoms with E-state index in [0.29, 0.717) is 19.0 Å². The SMILES string of the molecule is CCCCCN=C(NCCc1ccccn1)NC(N)=O. The van der Waals surface area contributed by atoms with Gasteiger partial charge in [0, 0.05) is 31.4 Å². The summed E-state index contributed by atoms with van der Waals surface area (Å²) in [5, 5.41) is 5.57. The number of hydrogen-bond acceptors (Lipinski definition) is 3. The Bertz CT molecular complexity index is 419. The second-order valence-corrected chi connectivity index (χ2v) is 4.42. The van der Waals surface area contributed by atoms with Gasteiger partial charge in [0.15, 0.2) is 5.96 Å². The lowest BCUT2D eigenvalue weighted by molar-refractivity contribution is 0.253. The Morgan fingerprint density at radius 1 is 1.40 bits per heavy atom. The Morgan fingerprint density at radius 3 is 2.90 bits per heavy atom. The minimum absolute atomic E-state index is 0.435. The van der Waals surface area contributed by atoms with E-state index >= 15 is 0 Å². The Morgan fingerprint density at radius 2 is 2.25 bits per heavy atom. The van der Waals surface area contributed by atoms with Crippen LogP contribution in [0.4, 0.5) is 4.79 Å². The van der Waals surface area contributed by atoms with Crippen molar-refractivity contribution in [2.24, 2.45) is 10.7 Å². The largest absolute Gasteiger partial charge is 0.356 e. The van der Waals surface area contributed by atoms with E-state index in [0.717, 1.165) is 31.4 Å². The fraction of sp³-hybridized carbons (Fsp3) is 0.500. The van der Waals surface area contributed by atoms with Crippen LogP contribution in [-0.4, -0.2) is 30.1 Å². The average Bonchev–Trinajstić information content (AvgIpc) is 2.44. The number of amides is 2. The topological polar surface area (TPSA) is 92.4 Å². The molecule has 1 heterocycles. The van der Waals surface area contributed by atoms with Gasteiger partial charge in [0.25, 0.3) is 0 Å². The molecule has 0 aliphatic carbocycles. The number of carbonyl (C=O) groups excluding carboxylic acids is 1. The van der Waals surface area contributed by atoms with Crippen LogP contribution in [0.25, 0.3) is 0 Å². The molecular formula is C14H23N5O. The molecule has 0 aliphatic rings. The van der Waals surface area contributed by atoms with Gasteiger partial charge in [-0.1, -0.05) is 25.8 Å². The van der Waals surface area contributed by atoms with Crippen LogP contribution < -0.4 is 16.4 Å². The number of unbranched alkanes of at least 4 members (excludes halogenated alkanes) is 2. The molecule has 0 unspecified atom stereocenters. The molecule has 2 amide bonds. The number of nitrogens with two attached hydrogens (primary N) is 1. The van der Waals surface area contributed by atoms with E-state index in [2.05, 4.69) is 27.5 Å². The van der Waals surface area contributed by atoms with Gasteiger partial charge in [-0.3, -0.25) is 15.3 Å². The van der Waals surface area contributed by atoms with E-state index in [4.69, 9.17) is 5.73 Å². The minimum Gasteiger partial charge on any atom is -0.356 e. The summed E-state index contributed by atoms with van der Waals surface area (Å²) >= 11 is 0. The monoisotopic (exact) mass is 277 g/mol. The predicted octanol–water partition coefficient (Wildman–Crippen LogP) is 1.43. The molecule has 0 saturated heterocycles. The number of carbonyl (C=O) groups is 1. The number of guanidine groups is 1. The molecule has 1 rings (SSSR count). The Kier molecular flexibility index (Phi) is 7.79. The van der Waals surface area contributed by atoms with E-state index in [1.54, 1.807) is 6.20 Å². The molecule has 0 saturated carbocycles. The summed E-state index contributed by atoms with van der Waals surface area (Å²) in [5.74, 6) is 0.435. The van der Waals surface area contributed by atoms with Crippen molar-refractivity contribution in [3.8, 4) is 0 Å². The molecule has 0 fully saturated rings. The molecule has 0 atom stereocenters. The van der Waals surface area contributed by atoms with E-state index in [-0.39, 0.29) is 0 Å². The first-order chi connectivity index (χ1) is 9.72. The Hall–Kier alpha value is -2.11. The number of urea groups is 1. The summed E-state index contributed by atoms with van der Waals surface area (Å²) in [6.45, 7) is 3.46. The van der Waals surface area contributed by atoms with Gasteiger partial charge < -0.3 is 11.1 Å². The Balaban J connectivity index is 2.37. The molecule has 110 valence electrons. The number of nitrogens with one attached hydrogen (secondary N) is 2. The summed E-state index contributed by atoms with van der Waals surface area (Å²) in [7, 11) is 0. The van der Waals surface area contributed by atoms with Crippen LogP contribution >= 0.6 is 0 Å². The van der Waals surface area contributed by atoms with Crippen molar-refractivity contribution < 1.29 is 4.79 Å². The van der Waals surface area contributed by atoms with Crippen LogP contribution in [0.5, 0.6) is 0 Å². The van der Waals surface area contributed by atoms with Gasteiger partial charge in [-0.15, -0.1) is 0 Å². The minimum atomic E-state index is -0.607. The highest BCUT2D eigenvalue weighted by molar-refractivity contribution is 5.95. The van der Waals surface area contributed by atoms with Gasteiger partial charge in [0.05, 0.1) is 0 Å². The highest BCUT2D eigenvalue weighted by Gasteiger charge is 2.01. The molecule has 1 aromatic rings. The van der Waals surface area contributed by atoms with Crippen molar-refractivity contribution in [3.63, 3.8) is 0 Å². The fourth-order valence-electron chi connectivity index (χ4n) is 1.66. The van der Waals surface area contributed by atoms with Crippen molar-refractivity contribution >= 4 is 12.0 Å². The highest BCUT2D eigenvalue weighted by Crippen LogP contribution is 1.94. The van der Waals surface area contributed by atoms with Gasteiger partial charge >= 0.3 is 6.03 Å².